The molecular weight excluding hydrogens is 408 g/mol. The van der Waals surface area contributed by atoms with Crippen LogP contribution in [0.5, 0.6) is 0 Å². The van der Waals surface area contributed by atoms with Gasteiger partial charge in [0.05, 0.1) is 15.9 Å². The van der Waals surface area contributed by atoms with Gasteiger partial charge in [-0.1, -0.05) is 5.16 Å². The molecule has 2 unspecified atom stereocenters. The minimum absolute atomic E-state index is 0.0389. The van der Waals surface area contributed by atoms with Crippen LogP contribution in [0, 0.1) is 22.0 Å². The molecule has 4 aliphatic carbocycles. The fourth-order valence-electron chi connectivity index (χ4n) is 6.49. The molecule has 9 nitrogen and oxygen atoms in total. The topological polar surface area (TPSA) is 113 Å². The van der Waals surface area contributed by atoms with Crippen molar-refractivity contribution < 1.29 is 9.45 Å². The van der Waals surface area contributed by atoms with Gasteiger partial charge in [-0.15, -0.1) is 5.10 Å². The van der Waals surface area contributed by atoms with E-state index < -0.39 is 4.92 Å². The normalized spacial score (nSPS) is 31.9. The summed E-state index contributed by atoms with van der Waals surface area (Å²) in [4.78, 5) is 19.4. The second-order valence-corrected chi connectivity index (χ2v) is 9.49. The molecule has 4 aliphatic rings. The van der Waals surface area contributed by atoms with Gasteiger partial charge in [0.1, 0.15) is 6.33 Å². The lowest BCUT2D eigenvalue weighted by atomic mass is 9.47. The molecule has 0 saturated heterocycles. The van der Waals surface area contributed by atoms with Crippen molar-refractivity contribution in [3.63, 3.8) is 0 Å². The summed E-state index contributed by atoms with van der Waals surface area (Å²) in [5.41, 5.74) is 0.468. The van der Waals surface area contributed by atoms with Crippen LogP contribution < -0.4 is 0 Å². The van der Waals surface area contributed by atoms with Crippen molar-refractivity contribution in [2.75, 3.05) is 0 Å². The highest BCUT2D eigenvalue weighted by Gasteiger charge is 2.61. The molecule has 7 rings (SSSR count). The van der Waals surface area contributed by atoms with E-state index in [-0.39, 0.29) is 21.9 Å². The number of hydrogen-bond acceptors (Lipinski definition) is 7. The molecule has 0 radical (unpaired) electrons. The zero-order valence-corrected chi connectivity index (χ0v) is 16.8. The Labute approximate surface area is 176 Å². The number of nitrogens with zero attached hydrogens (tertiary/aromatic N) is 6. The Morgan fingerprint density at radius 2 is 1.90 bits per heavy atom. The van der Waals surface area contributed by atoms with Crippen molar-refractivity contribution in [1.82, 2.24) is 24.9 Å². The van der Waals surface area contributed by atoms with Crippen molar-refractivity contribution in [1.29, 1.82) is 0 Å². The number of hydrogen-bond donors (Lipinski definition) is 0. The highest BCUT2D eigenvalue weighted by Crippen LogP contribution is 2.64. The van der Waals surface area contributed by atoms with Crippen molar-refractivity contribution >= 4 is 17.3 Å². The third-order valence-corrected chi connectivity index (χ3v) is 7.37. The van der Waals surface area contributed by atoms with Crippen molar-refractivity contribution in [2.24, 2.45) is 11.8 Å². The lowest BCUT2D eigenvalue weighted by Gasteiger charge is -2.60. The number of benzene rings is 1. The molecule has 0 amide bonds. The molecule has 30 heavy (non-hydrogen) atoms. The molecule has 4 saturated carbocycles. The standard InChI is InChI=1S/C20H19ClN6O3/c21-18-22-11-26(24-18)20-8-12-5-13(9-20)7-19(6-12,10-20)17-23-16(25-30-17)14-1-3-15(4-2-14)27(28)29/h1-4,11-13H,5-10H2. The maximum absolute atomic E-state index is 10.9. The van der Waals surface area contributed by atoms with Gasteiger partial charge in [0, 0.05) is 17.7 Å². The summed E-state index contributed by atoms with van der Waals surface area (Å²) in [6.45, 7) is 0. The van der Waals surface area contributed by atoms with E-state index in [9.17, 15) is 10.1 Å². The maximum atomic E-state index is 10.9. The number of nitro groups is 1. The van der Waals surface area contributed by atoms with Crippen LogP contribution in [0.25, 0.3) is 11.4 Å². The average molecular weight is 427 g/mol. The van der Waals surface area contributed by atoms with Crippen molar-refractivity contribution in [3.05, 3.63) is 51.9 Å². The first kappa shape index (κ1) is 18.0. The van der Waals surface area contributed by atoms with Crippen LogP contribution in [0.4, 0.5) is 5.69 Å². The molecule has 4 bridgehead atoms. The zero-order valence-electron chi connectivity index (χ0n) is 16.1. The molecule has 3 aromatic rings. The highest BCUT2D eigenvalue weighted by atomic mass is 35.5. The van der Waals surface area contributed by atoms with Crippen LogP contribution in [0.3, 0.4) is 0 Å². The summed E-state index contributed by atoms with van der Waals surface area (Å²) in [5.74, 6) is 2.31. The van der Waals surface area contributed by atoms with Gasteiger partial charge in [-0.25, -0.2) is 9.67 Å². The van der Waals surface area contributed by atoms with Gasteiger partial charge in [-0.2, -0.15) is 4.98 Å². The predicted octanol–water partition coefficient (Wildman–Crippen LogP) is 4.14. The molecule has 0 aliphatic heterocycles. The van der Waals surface area contributed by atoms with E-state index in [1.54, 1.807) is 18.5 Å². The van der Waals surface area contributed by atoms with E-state index in [1.165, 1.54) is 18.6 Å². The Kier molecular flexibility index (Phi) is 3.66. The summed E-state index contributed by atoms with van der Waals surface area (Å²) in [7, 11) is 0. The van der Waals surface area contributed by atoms with Crippen LogP contribution >= 0.6 is 11.6 Å². The average Bonchev–Trinajstić information content (AvgIpc) is 3.37. The Morgan fingerprint density at radius 3 is 2.53 bits per heavy atom. The van der Waals surface area contributed by atoms with E-state index in [0.717, 1.165) is 32.1 Å². The molecule has 4 fully saturated rings. The third kappa shape index (κ3) is 2.61. The van der Waals surface area contributed by atoms with E-state index in [2.05, 4.69) is 15.2 Å². The van der Waals surface area contributed by atoms with Crippen LogP contribution in [0.1, 0.15) is 44.4 Å². The van der Waals surface area contributed by atoms with Gasteiger partial charge in [0.25, 0.3) is 5.69 Å². The van der Waals surface area contributed by atoms with Crippen molar-refractivity contribution in [2.45, 2.75) is 49.5 Å². The van der Waals surface area contributed by atoms with E-state index in [4.69, 9.17) is 21.1 Å². The Morgan fingerprint density at radius 1 is 1.17 bits per heavy atom. The summed E-state index contributed by atoms with van der Waals surface area (Å²) >= 11 is 6.03. The summed E-state index contributed by atoms with van der Waals surface area (Å²) in [6, 6.07) is 6.23. The second-order valence-electron chi connectivity index (χ2n) is 9.15. The number of halogens is 1. The molecule has 1 aromatic carbocycles. The number of non-ortho nitro benzene ring substituents is 1. The van der Waals surface area contributed by atoms with Gasteiger partial charge in [0.2, 0.25) is 17.0 Å². The lowest BCUT2D eigenvalue weighted by molar-refractivity contribution is -0.384. The quantitative estimate of drug-likeness (QED) is 0.455. The van der Waals surface area contributed by atoms with Crippen LogP contribution in [-0.2, 0) is 11.0 Å². The first-order chi connectivity index (χ1) is 14.4. The predicted molar refractivity (Wildman–Crippen MR) is 106 cm³/mol. The molecule has 2 aromatic heterocycles. The summed E-state index contributed by atoms with van der Waals surface area (Å²) in [5, 5.41) is 19.8. The largest absolute Gasteiger partial charge is 0.338 e. The monoisotopic (exact) mass is 426 g/mol. The molecule has 0 N–H and O–H groups in total. The van der Waals surface area contributed by atoms with E-state index >= 15 is 0 Å². The zero-order chi connectivity index (χ0) is 20.5. The molecular formula is C20H19ClN6O3. The van der Waals surface area contributed by atoms with Crippen LogP contribution in [0.2, 0.25) is 5.28 Å². The van der Waals surface area contributed by atoms with Gasteiger partial charge >= 0.3 is 0 Å². The number of nitro benzene ring substituents is 1. The molecule has 10 heteroatoms. The van der Waals surface area contributed by atoms with Gasteiger partial charge in [-0.05, 0) is 74.1 Å². The fraction of sp³-hybridized carbons (Fsp3) is 0.500. The summed E-state index contributed by atoms with van der Waals surface area (Å²) in [6.07, 6.45) is 8.09. The third-order valence-electron chi connectivity index (χ3n) is 7.20. The second kappa shape index (κ2) is 6.10. The molecule has 2 heterocycles. The first-order valence-corrected chi connectivity index (χ1v) is 10.5. The van der Waals surface area contributed by atoms with Crippen molar-refractivity contribution in [3.8, 4) is 11.4 Å². The fourth-order valence-corrected chi connectivity index (χ4v) is 6.62. The first-order valence-electron chi connectivity index (χ1n) is 10.1. The highest BCUT2D eigenvalue weighted by molar-refractivity contribution is 6.28. The molecule has 154 valence electrons. The number of aromatic nitrogens is 5. The van der Waals surface area contributed by atoms with Gasteiger partial charge in [0.15, 0.2) is 0 Å². The molecule has 0 spiro atoms. The summed E-state index contributed by atoms with van der Waals surface area (Å²) < 4.78 is 7.77. The minimum atomic E-state index is -0.420. The smallest absolute Gasteiger partial charge is 0.269 e. The Balaban J connectivity index is 1.36. The minimum Gasteiger partial charge on any atom is -0.338 e. The SMILES string of the molecule is O=[N+]([O-])c1ccc(-c2noc(C34CC5CC(C3)CC(n3cnc(Cl)n3)(C5)C4)n2)cc1. The Hall–Kier alpha value is -2.81. The van der Waals surface area contributed by atoms with Gasteiger partial charge in [-0.3, -0.25) is 10.1 Å². The van der Waals surface area contributed by atoms with Crippen LogP contribution in [0.15, 0.2) is 35.1 Å². The van der Waals surface area contributed by atoms with E-state index in [0.29, 0.717) is 29.1 Å². The van der Waals surface area contributed by atoms with E-state index in [1.807, 2.05) is 4.68 Å². The lowest BCUT2D eigenvalue weighted by Crippen LogP contribution is -2.58. The van der Waals surface area contributed by atoms with Gasteiger partial charge < -0.3 is 4.52 Å². The van der Waals surface area contributed by atoms with Crippen LogP contribution in [-0.4, -0.2) is 29.8 Å². The Bertz CT molecular complexity index is 1130. The maximum Gasteiger partial charge on any atom is 0.269 e. The molecule has 2 atom stereocenters. The number of rotatable bonds is 4.